The molecule has 8 nitrogen and oxygen atoms in total. The smallest absolute Gasteiger partial charge is 0.406 e. The minimum atomic E-state index is -4.79. The van der Waals surface area contributed by atoms with Crippen LogP contribution < -0.4 is 25.6 Å². The Bertz CT molecular complexity index is 1180. The standard InChI is InChI=1S/C24H27F3N6O2/c1-33(2)21-19-8-3-4-9-20(19)31-22(32-21)28-15-10-12-16(13-11-15)29-23(34)30-17-6-5-7-18(14-17)35-24(25,26)27/h3-9,14-16H,10-13H2,1-2H3,(H,28,31,32)(H2,29,30,34)/t15-,16+. The number of urea groups is 1. The lowest BCUT2D eigenvalue weighted by Gasteiger charge is -2.30. The molecule has 0 aliphatic heterocycles. The zero-order valence-corrected chi connectivity index (χ0v) is 19.4. The van der Waals surface area contributed by atoms with Crippen LogP contribution in [0.3, 0.4) is 0 Å². The maximum Gasteiger partial charge on any atom is 0.573 e. The minimum Gasteiger partial charge on any atom is -0.406 e. The summed E-state index contributed by atoms with van der Waals surface area (Å²) in [4.78, 5) is 23.6. The zero-order valence-electron chi connectivity index (χ0n) is 19.4. The van der Waals surface area contributed by atoms with Crippen molar-refractivity contribution in [2.24, 2.45) is 0 Å². The number of ether oxygens (including phenoxy) is 1. The molecule has 4 rings (SSSR count). The van der Waals surface area contributed by atoms with Gasteiger partial charge in [-0.25, -0.2) is 9.78 Å². The first-order valence-corrected chi connectivity index (χ1v) is 11.3. The monoisotopic (exact) mass is 488 g/mol. The Morgan fingerprint density at radius 3 is 2.43 bits per heavy atom. The molecule has 0 spiro atoms. The molecule has 35 heavy (non-hydrogen) atoms. The van der Waals surface area contributed by atoms with Gasteiger partial charge in [0.2, 0.25) is 5.95 Å². The lowest BCUT2D eigenvalue weighted by molar-refractivity contribution is -0.274. The second kappa shape index (κ2) is 10.2. The molecule has 3 N–H and O–H groups in total. The van der Waals surface area contributed by atoms with Gasteiger partial charge < -0.3 is 25.6 Å². The molecule has 2 amide bonds. The van der Waals surface area contributed by atoms with Crippen LogP contribution >= 0.6 is 0 Å². The molecule has 2 aromatic carbocycles. The number of aromatic nitrogens is 2. The summed E-state index contributed by atoms with van der Waals surface area (Å²) >= 11 is 0. The molecule has 1 aliphatic carbocycles. The molecule has 0 radical (unpaired) electrons. The molecule has 1 saturated carbocycles. The lowest BCUT2D eigenvalue weighted by Crippen LogP contribution is -2.42. The summed E-state index contributed by atoms with van der Waals surface area (Å²) in [6.45, 7) is 0. The lowest BCUT2D eigenvalue weighted by atomic mass is 9.91. The number of halogens is 3. The fourth-order valence-corrected chi connectivity index (χ4v) is 4.15. The number of fused-ring (bicyclic) bond motifs is 1. The molecule has 0 bridgehead atoms. The third-order valence-corrected chi connectivity index (χ3v) is 5.73. The van der Waals surface area contributed by atoms with Crippen LogP contribution in [0.4, 0.5) is 35.4 Å². The molecule has 1 heterocycles. The summed E-state index contributed by atoms with van der Waals surface area (Å²) < 4.78 is 41.1. The van der Waals surface area contributed by atoms with Gasteiger partial charge in [-0.1, -0.05) is 18.2 Å². The Kier molecular flexibility index (Phi) is 7.13. The number of anilines is 3. The Balaban J connectivity index is 1.29. The maximum absolute atomic E-state index is 12.4. The second-order valence-corrected chi connectivity index (χ2v) is 8.65. The van der Waals surface area contributed by atoms with Crippen molar-refractivity contribution in [3.8, 4) is 5.75 Å². The average molecular weight is 489 g/mol. The number of para-hydroxylation sites is 1. The quantitative estimate of drug-likeness (QED) is 0.445. The third kappa shape index (κ3) is 6.65. The molecular weight excluding hydrogens is 461 g/mol. The van der Waals surface area contributed by atoms with Crippen molar-refractivity contribution < 1.29 is 22.7 Å². The highest BCUT2D eigenvalue weighted by molar-refractivity contribution is 5.90. The van der Waals surface area contributed by atoms with Gasteiger partial charge in [0, 0.05) is 43.3 Å². The number of nitrogens with one attached hydrogen (secondary N) is 3. The number of benzene rings is 2. The van der Waals surface area contributed by atoms with Gasteiger partial charge in [-0.15, -0.1) is 13.2 Å². The number of amides is 2. The summed E-state index contributed by atoms with van der Waals surface area (Å²) in [6, 6.07) is 12.7. The van der Waals surface area contributed by atoms with E-state index in [-0.39, 0.29) is 17.8 Å². The molecule has 1 aliphatic rings. The van der Waals surface area contributed by atoms with Gasteiger partial charge in [-0.05, 0) is 49.9 Å². The van der Waals surface area contributed by atoms with Gasteiger partial charge >= 0.3 is 12.4 Å². The molecule has 3 aromatic rings. The van der Waals surface area contributed by atoms with E-state index in [0.29, 0.717) is 5.95 Å². The third-order valence-electron chi connectivity index (χ3n) is 5.73. The fraction of sp³-hybridized carbons (Fsp3) is 0.375. The first-order valence-electron chi connectivity index (χ1n) is 11.3. The van der Waals surface area contributed by atoms with Crippen LogP contribution in [-0.2, 0) is 0 Å². The van der Waals surface area contributed by atoms with Crippen LogP contribution in [0.15, 0.2) is 48.5 Å². The van der Waals surface area contributed by atoms with Gasteiger partial charge in [0.25, 0.3) is 0 Å². The van der Waals surface area contributed by atoms with E-state index in [1.807, 2.05) is 43.3 Å². The van der Waals surface area contributed by atoms with E-state index in [9.17, 15) is 18.0 Å². The SMILES string of the molecule is CN(C)c1nc(N[C@H]2CC[C@@H](NC(=O)Nc3cccc(OC(F)(F)F)c3)CC2)nc2ccccc12. The summed E-state index contributed by atoms with van der Waals surface area (Å²) in [5, 5.41) is 9.86. The van der Waals surface area contributed by atoms with Gasteiger partial charge in [-0.3, -0.25) is 0 Å². The van der Waals surface area contributed by atoms with E-state index in [0.717, 1.165) is 48.5 Å². The Morgan fingerprint density at radius 1 is 1.00 bits per heavy atom. The molecule has 1 fully saturated rings. The van der Waals surface area contributed by atoms with Crippen molar-refractivity contribution in [2.75, 3.05) is 29.6 Å². The Hall–Kier alpha value is -3.76. The summed E-state index contributed by atoms with van der Waals surface area (Å²) in [6.07, 6.45) is -1.67. The highest BCUT2D eigenvalue weighted by Crippen LogP contribution is 2.27. The maximum atomic E-state index is 12.4. The Labute approximate surface area is 200 Å². The van der Waals surface area contributed by atoms with E-state index in [1.54, 1.807) is 0 Å². The molecule has 0 unspecified atom stereocenters. The van der Waals surface area contributed by atoms with Gasteiger partial charge in [0.05, 0.1) is 5.52 Å². The normalized spacial score (nSPS) is 18.1. The van der Waals surface area contributed by atoms with Gasteiger partial charge in [0.15, 0.2) is 0 Å². The van der Waals surface area contributed by atoms with Crippen LogP contribution in [0.1, 0.15) is 25.7 Å². The largest absolute Gasteiger partial charge is 0.573 e. The van der Waals surface area contributed by atoms with Crippen LogP contribution in [0.25, 0.3) is 10.9 Å². The van der Waals surface area contributed by atoms with Crippen molar-refractivity contribution in [1.82, 2.24) is 15.3 Å². The van der Waals surface area contributed by atoms with Crippen LogP contribution in [0.5, 0.6) is 5.75 Å². The number of hydrogen-bond acceptors (Lipinski definition) is 6. The highest BCUT2D eigenvalue weighted by Gasteiger charge is 2.31. The number of hydrogen-bond donors (Lipinski definition) is 3. The van der Waals surface area contributed by atoms with Crippen molar-refractivity contribution in [2.45, 2.75) is 44.1 Å². The molecule has 1 aromatic heterocycles. The van der Waals surface area contributed by atoms with Crippen molar-refractivity contribution >= 4 is 34.4 Å². The molecule has 11 heteroatoms. The van der Waals surface area contributed by atoms with E-state index >= 15 is 0 Å². The van der Waals surface area contributed by atoms with E-state index in [4.69, 9.17) is 0 Å². The first-order chi connectivity index (χ1) is 16.7. The van der Waals surface area contributed by atoms with E-state index in [2.05, 4.69) is 30.7 Å². The van der Waals surface area contributed by atoms with Crippen molar-refractivity contribution in [3.05, 3.63) is 48.5 Å². The van der Waals surface area contributed by atoms with Gasteiger partial charge in [0.1, 0.15) is 11.6 Å². The van der Waals surface area contributed by atoms with Crippen LogP contribution in [0.2, 0.25) is 0 Å². The minimum absolute atomic E-state index is 0.0440. The van der Waals surface area contributed by atoms with Gasteiger partial charge in [-0.2, -0.15) is 4.98 Å². The first kappa shape index (κ1) is 24.4. The number of nitrogens with zero attached hydrogens (tertiary/aromatic N) is 3. The van der Waals surface area contributed by atoms with Crippen molar-refractivity contribution in [3.63, 3.8) is 0 Å². The molecule has 0 saturated heterocycles. The predicted octanol–water partition coefficient (Wildman–Crippen LogP) is 5.14. The number of rotatable bonds is 6. The average Bonchev–Trinajstić information content (AvgIpc) is 2.79. The Morgan fingerprint density at radius 2 is 1.71 bits per heavy atom. The van der Waals surface area contributed by atoms with Crippen LogP contribution in [-0.4, -0.2) is 48.5 Å². The summed E-state index contributed by atoms with van der Waals surface area (Å²) in [7, 11) is 3.89. The highest BCUT2D eigenvalue weighted by atomic mass is 19.4. The number of carbonyl (C=O) groups excluding carboxylic acids is 1. The molecule has 186 valence electrons. The summed E-state index contributed by atoms with van der Waals surface area (Å²) in [5.41, 5.74) is 1.08. The van der Waals surface area contributed by atoms with Crippen molar-refractivity contribution in [1.29, 1.82) is 0 Å². The number of carbonyl (C=O) groups is 1. The van der Waals surface area contributed by atoms with Crippen LogP contribution in [0, 0.1) is 0 Å². The molecule has 0 atom stereocenters. The summed E-state index contributed by atoms with van der Waals surface area (Å²) in [5.74, 6) is 1.02. The van der Waals surface area contributed by atoms with E-state index < -0.39 is 18.1 Å². The molecular formula is C24H27F3N6O2. The second-order valence-electron chi connectivity index (χ2n) is 8.65. The van der Waals surface area contributed by atoms with E-state index in [1.165, 1.54) is 18.2 Å². The fourth-order valence-electron chi connectivity index (χ4n) is 4.15. The topological polar surface area (TPSA) is 91.4 Å². The number of alkyl halides is 3. The zero-order chi connectivity index (χ0) is 25.0. The predicted molar refractivity (Wildman–Crippen MR) is 129 cm³/mol.